The SMILES string of the molecule is Nc1cc2c(cc1Br)COB2O. The first-order valence-electron chi connectivity index (χ1n) is 3.56. The molecule has 0 saturated heterocycles. The second-order valence-corrected chi connectivity index (χ2v) is 3.59. The van der Waals surface area contributed by atoms with E-state index in [9.17, 15) is 5.02 Å². The minimum atomic E-state index is -0.810. The van der Waals surface area contributed by atoms with Crippen molar-refractivity contribution in [1.82, 2.24) is 0 Å². The van der Waals surface area contributed by atoms with Crippen molar-refractivity contribution in [2.75, 3.05) is 5.73 Å². The van der Waals surface area contributed by atoms with Crippen molar-refractivity contribution < 1.29 is 9.68 Å². The van der Waals surface area contributed by atoms with E-state index >= 15 is 0 Å². The number of rotatable bonds is 0. The Kier molecular flexibility index (Phi) is 1.86. The van der Waals surface area contributed by atoms with Crippen LogP contribution in [0.2, 0.25) is 0 Å². The molecule has 12 heavy (non-hydrogen) atoms. The maximum atomic E-state index is 9.30. The monoisotopic (exact) mass is 227 g/mol. The predicted molar refractivity (Wildman–Crippen MR) is 51.0 cm³/mol. The fourth-order valence-corrected chi connectivity index (χ4v) is 1.65. The zero-order valence-electron chi connectivity index (χ0n) is 6.25. The van der Waals surface area contributed by atoms with E-state index in [1.54, 1.807) is 6.07 Å². The van der Waals surface area contributed by atoms with E-state index < -0.39 is 7.12 Å². The zero-order valence-corrected chi connectivity index (χ0v) is 7.84. The van der Waals surface area contributed by atoms with Crippen molar-refractivity contribution in [3.05, 3.63) is 22.2 Å². The summed E-state index contributed by atoms with van der Waals surface area (Å²) < 4.78 is 5.86. The molecule has 2 rings (SSSR count). The van der Waals surface area contributed by atoms with Crippen molar-refractivity contribution >= 4 is 34.2 Å². The molecule has 1 aliphatic heterocycles. The molecule has 1 aromatic carbocycles. The van der Waals surface area contributed by atoms with Gasteiger partial charge in [-0.15, -0.1) is 0 Å². The van der Waals surface area contributed by atoms with E-state index in [0.29, 0.717) is 12.3 Å². The number of nitrogen functional groups attached to an aromatic ring is 1. The van der Waals surface area contributed by atoms with Gasteiger partial charge in [-0.1, -0.05) is 0 Å². The highest BCUT2D eigenvalue weighted by molar-refractivity contribution is 9.10. The summed E-state index contributed by atoms with van der Waals surface area (Å²) in [7, 11) is -0.810. The Balaban J connectivity index is 2.56. The summed E-state index contributed by atoms with van der Waals surface area (Å²) in [5.41, 5.74) is 8.03. The van der Waals surface area contributed by atoms with Crippen molar-refractivity contribution in [2.45, 2.75) is 6.61 Å². The Morgan fingerprint density at radius 2 is 2.33 bits per heavy atom. The summed E-state index contributed by atoms with van der Waals surface area (Å²) in [6, 6.07) is 3.61. The van der Waals surface area contributed by atoms with Gasteiger partial charge in [0.2, 0.25) is 0 Å². The minimum Gasteiger partial charge on any atom is -0.423 e. The summed E-state index contributed by atoms with van der Waals surface area (Å²) >= 11 is 3.31. The fourth-order valence-electron chi connectivity index (χ4n) is 1.26. The minimum absolute atomic E-state index is 0.454. The summed E-state index contributed by atoms with van der Waals surface area (Å²) in [5.74, 6) is 0. The Hall–Kier alpha value is -0.515. The van der Waals surface area contributed by atoms with Gasteiger partial charge in [0, 0.05) is 10.2 Å². The molecule has 3 nitrogen and oxygen atoms in total. The predicted octanol–water partition coefficient (Wildman–Crippen LogP) is 0.249. The van der Waals surface area contributed by atoms with Gasteiger partial charge in [-0.2, -0.15) is 0 Å². The number of anilines is 1. The molecule has 0 atom stereocenters. The van der Waals surface area contributed by atoms with Crippen LogP contribution < -0.4 is 11.2 Å². The molecule has 0 aliphatic carbocycles. The third-order valence-electron chi connectivity index (χ3n) is 1.92. The molecule has 1 aliphatic rings. The average molecular weight is 228 g/mol. The van der Waals surface area contributed by atoms with Gasteiger partial charge in [-0.25, -0.2) is 0 Å². The van der Waals surface area contributed by atoms with Crippen LogP contribution in [-0.2, 0) is 11.3 Å². The molecule has 0 fully saturated rings. The molecule has 0 bridgehead atoms. The lowest BCUT2D eigenvalue weighted by atomic mass is 9.79. The van der Waals surface area contributed by atoms with Crippen LogP contribution in [0.4, 0.5) is 5.69 Å². The molecule has 0 unspecified atom stereocenters. The molecule has 1 aromatic rings. The Bertz CT molecular complexity index is 331. The molecule has 0 aromatic heterocycles. The molecular formula is C7H7BBrNO2. The quantitative estimate of drug-likeness (QED) is 0.494. The Labute approximate surface area is 78.8 Å². The first kappa shape index (κ1) is 8.10. The number of nitrogens with two attached hydrogens (primary N) is 1. The molecule has 5 heteroatoms. The highest BCUT2D eigenvalue weighted by Gasteiger charge is 2.27. The first-order valence-corrected chi connectivity index (χ1v) is 4.35. The molecule has 0 saturated carbocycles. The molecule has 62 valence electrons. The number of hydrogen-bond donors (Lipinski definition) is 2. The van der Waals surface area contributed by atoms with E-state index in [-0.39, 0.29) is 0 Å². The van der Waals surface area contributed by atoms with E-state index in [1.165, 1.54) is 0 Å². The van der Waals surface area contributed by atoms with Gasteiger partial charge >= 0.3 is 7.12 Å². The number of benzene rings is 1. The van der Waals surface area contributed by atoms with Crippen LogP contribution in [0.5, 0.6) is 0 Å². The number of hydrogen-bond acceptors (Lipinski definition) is 3. The van der Waals surface area contributed by atoms with E-state index in [1.807, 2.05) is 6.07 Å². The van der Waals surface area contributed by atoms with Gasteiger partial charge in [-0.05, 0) is 39.1 Å². The Morgan fingerprint density at radius 1 is 1.58 bits per heavy atom. The lowest BCUT2D eigenvalue weighted by molar-refractivity contribution is 0.275. The van der Waals surface area contributed by atoms with Crippen LogP contribution in [0.3, 0.4) is 0 Å². The summed E-state index contributed by atoms with van der Waals surface area (Å²) in [6.45, 7) is 0.454. The highest BCUT2D eigenvalue weighted by atomic mass is 79.9. The largest absolute Gasteiger partial charge is 0.491 e. The van der Waals surface area contributed by atoms with Gasteiger partial charge in [0.15, 0.2) is 0 Å². The standard InChI is InChI=1S/C7H7BBrNO2/c9-6-1-4-3-12-8(11)5(4)2-7(6)10/h1-2,11H,3,10H2. The van der Waals surface area contributed by atoms with Crippen LogP contribution in [0.1, 0.15) is 5.56 Å². The second-order valence-electron chi connectivity index (χ2n) is 2.74. The Morgan fingerprint density at radius 3 is 3.08 bits per heavy atom. The molecule has 0 radical (unpaired) electrons. The van der Waals surface area contributed by atoms with Crippen molar-refractivity contribution in [3.63, 3.8) is 0 Å². The summed E-state index contributed by atoms with van der Waals surface area (Å²) in [6.07, 6.45) is 0. The normalized spacial score (nSPS) is 15.0. The van der Waals surface area contributed by atoms with Gasteiger partial charge in [-0.3, -0.25) is 0 Å². The maximum Gasteiger partial charge on any atom is 0.491 e. The maximum absolute atomic E-state index is 9.30. The highest BCUT2D eigenvalue weighted by Crippen LogP contribution is 2.22. The second kappa shape index (κ2) is 2.76. The smallest absolute Gasteiger partial charge is 0.423 e. The van der Waals surface area contributed by atoms with Gasteiger partial charge in [0.05, 0.1) is 6.61 Å². The molecule has 1 heterocycles. The molecule has 0 spiro atoms. The van der Waals surface area contributed by atoms with Crippen LogP contribution in [-0.4, -0.2) is 12.1 Å². The average Bonchev–Trinajstić information content (AvgIpc) is 2.35. The van der Waals surface area contributed by atoms with E-state index in [4.69, 9.17) is 10.4 Å². The van der Waals surface area contributed by atoms with E-state index in [0.717, 1.165) is 15.5 Å². The van der Waals surface area contributed by atoms with Crippen LogP contribution in [0.15, 0.2) is 16.6 Å². The lowest BCUT2D eigenvalue weighted by Crippen LogP contribution is -2.28. The van der Waals surface area contributed by atoms with Crippen molar-refractivity contribution in [3.8, 4) is 0 Å². The fraction of sp³-hybridized carbons (Fsp3) is 0.143. The third-order valence-corrected chi connectivity index (χ3v) is 2.61. The van der Waals surface area contributed by atoms with Gasteiger partial charge < -0.3 is 15.4 Å². The summed E-state index contributed by atoms with van der Waals surface area (Å²) in [5, 5.41) is 9.30. The van der Waals surface area contributed by atoms with Gasteiger partial charge in [0.25, 0.3) is 0 Å². The third kappa shape index (κ3) is 1.14. The molecule has 0 amide bonds. The zero-order chi connectivity index (χ0) is 8.72. The lowest BCUT2D eigenvalue weighted by Gasteiger charge is -2.02. The number of halogens is 1. The van der Waals surface area contributed by atoms with E-state index in [2.05, 4.69) is 15.9 Å². The summed E-state index contributed by atoms with van der Waals surface area (Å²) in [4.78, 5) is 0. The van der Waals surface area contributed by atoms with Crippen molar-refractivity contribution in [2.24, 2.45) is 0 Å². The van der Waals surface area contributed by atoms with Crippen molar-refractivity contribution in [1.29, 1.82) is 0 Å². The first-order chi connectivity index (χ1) is 5.68. The number of fused-ring (bicyclic) bond motifs is 1. The molecular weight excluding hydrogens is 221 g/mol. The van der Waals surface area contributed by atoms with Crippen LogP contribution >= 0.6 is 15.9 Å². The van der Waals surface area contributed by atoms with Crippen LogP contribution in [0.25, 0.3) is 0 Å². The van der Waals surface area contributed by atoms with Crippen LogP contribution in [0, 0.1) is 0 Å². The van der Waals surface area contributed by atoms with Gasteiger partial charge in [0.1, 0.15) is 0 Å². The molecule has 3 N–H and O–H groups in total. The topological polar surface area (TPSA) is 55.5 Å².